The number of nitrogens with zero attached hydrogens (tertiary/aromatic N) is 3. The summed E-state index contributed by atoms with van der Waals surface area (Å²) in [5.74, 6) is -0.629. The quantitative estimate of drug-likeness (QED) is 0.0732. The van der Waals surface area contributed by atoms with Crippen LogP contribution in [0.2, 0.25) is 5.02 Å². The van der Waals surface area contributed by atoms with Gasteiger partial charge in [-0.05, 0) is 65.4 Å². The maximum atomic E-state index is 13.6. The van der Waals surface area contributed by atoms with Crippen molar-refractivity contribution in [1.29, 1.82) is 0 Å². The molecule has 4 rings (SSSR count). The number of nitro benzene ring substituents is 1. The van der Waals surface area contributed by atoms with Gasteiger partial charge in [-0.3, -0.25) is 14.9 Å². The minimum atomic E-state index is -0.488. The first-order valence-electron chi connectivity index (χ1n) is 14.3. The monoisotopic (exact) mass is 677 g/mol. The number of halogens is 2. The normalized spacial score (nSPS) is 13.5. The minimum absolute atomic E-state index is 0. The van der Waals surface area contributed by atoms with Crippen LogP contribution in [-0.2, 0) is 11.3 Å². The van der Waals surface area contributed by atoms with Crippen LogP contribution < -0.4 is 0 Å². The average molecular weight is 679 g/mol. The maximum Gasteiger partial charge on any atom is 0.337 e. The van der Waals surface area contributed by atoms with Crippen molar-refractivity contribution >= 4 is 58.8 Å². The smallest absolute Gasteiger partial charge is 0.337 e. The van der Waals surface area contributed by atoms with E-state index in [0.717, 1.165) is 24.1 Å². The summed E-state index contributed by atoms with van der Waals surface area (Å²) >= 11 is 12.2. The topological polar surface area (TPSA) is 93.0 Å². The number of alkyl halides is 1. The lowest BCUT2D eigenvalue weighted by Gasteiger charge is -2.29. The molecule has 1 aliphatic rings. The molecule has 3 aromatic rings. The lowest BCUT2D eigenvalue weighted by Crippen LogP contribution is -2.41. The summed E-state index contributed by atoms with van der Waals surface area (Å²) in [5.41, 5.74) is 2.66. The zero-order chi connectivity index (χ0) is 33.1. The number of amides is 1. The van der Waals surface area contributed by atoms with Crippen LogP contribution in [0.15, 0.2) is 78.2 Å². The molecule has 3 aromatic carbocycles. The molecule has 1 saturated heterocycles. The number of hydrogen-bond donors (Lipinski definition) is 0. The van der Waals surface area contributed by atoms with Crippen molar-refractivity contribution in [2.75, 3.05) is 26.6 Å². The second-order valence-corrected chi connectivity index (χ2v) is 10.2. The first-order valence-corrected chi connectivity index (χ1v) is 16.3. The Hall–Kier alpha value is -3.37. The van der Waals surface area contributed by atoms with Gasteiger partial charge in [0.05, 0.1) is 17.6 Å². The number of esters is 1. The molecule has 45 heavy (non-hydrogen) atoms. The van der Waals surface area contributed by atoms with E-state index in [2.05, 4.69) is 15.9 Å². The molecule has 0 spiro atoms. The Balaban J connectivity index is 0.00000261. The van der Waals surface area contributed by atoms with Gasteiger partial charge < -0.3 is 9.64 Å². The fraction of sp³-hybridized carbons (Fsp3) is 0.353. The summed E-state index contributed by atoms with van der Waals surface area (Å²) in [6.45, 7) is 9.79. The predicted octanol–water partition coefficient (Wildman–Crippen LogP) is 9.61. The number of nitro groups is 1. The summed E-state index contributed by atoms with van der Waals surface area (Å²) in [7, 11) is 1.33. The highest BCUT2D eigenvalue weighted by molar-refractivity contribution is 8.00. The van der Waals surface area contributed by atoms with Crippen molar-refractivity contribution in [1.82, 2.24) is 9.21 Å². The number of carbonyl (C=O) groups is 2. The third-order valence-electron chi connectivity index (χ3n) is 6.22. The molecule has 1 unspecified atom stereocenters. The van der Waals surface area contributed by atoms with Crippen LogP contribution >= 0.6 is 35.1 Å². The van der Waals surface area contributed by atoms with Gasteiger partial charge >= 0.3 is 5.97 Å². The van der Waals surface area contributed by atoms with Gasteiger partial charge in [0.1, 0.15) is 0 Å². The Morgan fingerprint density at radius 1 is 0.978 bits per heavy atom. The summed E-state index contributed by atoms with van der Waals surface area (Å²) < 4.78 is 6.97. The Bertz CT molecular complexity index is 1320. The van der Waals surface area contributed by atoms with Crippen molar-refractivity contribution in [3.05, 3.63) is 116 Å². The van der Waals surface area contributed by atoms with Gasteiger partial charge in [0.15, 0.2) is 0 Å². The Labute approximate surface area is 282 Å². The number of hydrogen-bond acceptors (Lipinski definition) is 7. The molecule has 246 valence electrons. The van der Waals surface area contributed by atoms with E-state index in [4.69, 9.17) is 16.3 Å². The summed E-state index contributed by atoms with van der Waals surface area (Å²) in [4.78, 5) is 37.8. The molecule has 1 fully saturated rings. The van der Waals surface area contributed by atoms with Crippen LogP contribution in [0.4, 0.5) is 5.69 Å². The second kappa shape index (κ2) is 23.0. The molecular formula is C34H45Cl2N3O5S. The number of benzene rings is 3. The van der Waals surface area contributed by atoms with Gasteiger partial charge in [-0.15, -0.1) is 11.6 Å². The Morgan fingerprint density at radius 2 is 1.53 bits per heavy atom. The SMILES string of the molecule is C.CC.CC.CCl.COC(=O)c1ccc(CN(C(=O)c2ccc([N+](=O)[O-])cc2)C2CCN(S/C=C/c3ccc(Cl)cc3)C2)cc1. The standard InChI is InChI=1S/C28H26ClN3O5S.2C2H6.CH3Cl.CH4/c1-37-28(34)23-6-2-21(3-7-23)18-31(27(33)22-8-12-25(13-9-22)32(35)36)26-14-16-30(19-26)38-17-15-20-4-10-24(29)11-5-20;3*1-2;/h2-13,15,17,26H,14,16,18-19H2,1H3;2*1-2H3;1H3;1H4/b17-15+;;;;. The highest BCUT2D eigenvalue weighted by Gasteiger charge is 2.31. The molecule has 0 N–H and O–H groups in total. The highest BCUT2D eigenvalue weighted by Crippen LogP contribution is 2.27. The van der Waals surface area contributed by atoms with Crippen LogP contribution in [0.3, 0.4) is 0 Å². The molecule has 0 aromatic heterocycles. The van der Waals surface area contributed by atoms with Crippen molar-refractivity contribution < 1.29 is 19.2 Å². The van der Waals surface area contributed by atoms with E-state index < -0.39 is 10.9 Å². The third kappa shape index (κ3) is 13.3. The predicted molar refractivity (Wildman–Crippen MR) is 190 cm³/mol. The van der Waals surface area contributed by atoms with Crippen molar-refractivity contribution in [3.63, 3.8) is 0 Å². The van der Waals surface area contributed by atoms with E-state index in [0.29, 0.717) is 29.2 Å². The average Bonchev–Trinajstić information content (AvgIpc) is 3.55. The minimum Gasteiger partial charge on any atom is -0.465 e. The number of rotatable bonds is 9. The molecule has 0 radical (unpaired) electrons. The van der Waals surface area contributed by atoms with Gasteiger partial charge in [-0.2, -0.15) is 0 Å². The summed E-state index contributed by atoms with van der Waals surface area (Å²) in [6.07, 6.45) is 4.26. The largest absolute Gasteiger partial charge is 0.465 e. The zero-order valence-electron chi connectivity index (χ0n) is 26.0. The van der Waals surface area contributed by atoms with Crippen molar-refractivity contribution in [3.8, 4) is 0 Å². The van der Waals surface area contributed by atoms with Crippen LogP contribution in [0.5, 0.6) is 0 Å². The van der Waals surface area contributed by atoms with E-state index in [-0.39, 0.29) is 25.1 Å². The number of methoxy groups -OCH3 is 1. The fourth-order valence-corrected chi connectivity index (χ4v) is 5.13. The van der Waals surface area contributed by atoms with Gasteiger partial charge in [-0.1, -0.05) is 82.9 Å². The molecule has 0 aliphatic carbocycles. The molecular weight excluding hydrogens is 633 g/mol. The van der Waals surface area contributed by atoms with E-state index in [1.807, 2.05) is 63.4 Å². The Morgan fingerprint density at radius 3 is 2.07 bits per heavy atom. The first kappa shape index (κ1) is 41.6. The Kier molecular flexibility index (Phi) is 21.3. The van der Waals surface area contributed by atoms with Gasteiger partial charge in [0.2, 0.25) is 0 Å². The molecule has 11 heteroatoms. The number of carbonyl (C=O) groups excluding carboxylic acids is 2. The summed E-state index contributed by atoms with van der Waals surface area (Å²) in [6, 6.07) is 20.1. The molecule has 8 nitrogen and oxygen atoms in total. The van der Waals surface area contributed by atoms with Gasteiger partial charge in [-0.25, -0.2) is 9.10 Å². The molecule has 1 heterocycles. The molecule has 1 amide bonds. The van der Waals surface area contributed by atoms with Crippen LogP contribution in [-0.4, -0.2) is 58.6 Å². The van der Waals surface area contributed by atoms with Crippen LogP contribution in [0.1, 0.15) is 73.4 Å². The van der Waals surface area contributed by atoms with E-state index in [9.17, 15) is 19.7 Å². The van der Waals surface area contributed by atoms with Crippen molar-refractivity contribution in [2.24, 2.45) is 0 Å². The number of non-ortho nitro benzene ring substituents is 1. The maximum absolute atomic E-state index is 13.6. The molecule has 1 aliphatic heterocycles. The van der Waals surface area contributed by atoms with Gasteiger partial charge in [0, 0.05) is 54.8 Å². The third-order valence-corrected chi connectivity index (χ3v) is 7.36. The second-order valence-electron chi connectivity index (χ2n) is 8.72. The molecule has 0 saturated carbocycles. The summed E-state index contributed by atoms with van der Waals surface area (Å²) in [5, 5.41) is 13.8. The van der Waals surface area contributed by atoms with Gasteiger partial charge in [0.25, 0.3) is 11.6 Å². The van der Waals surface area contributed by atoms with E-state index >= 15 is 0 Å². The highest BCUT2D eigenvalue weighted by atomic mass is 35.5. The zero-order valence-corrected chi connectivity index (χ0v) is 28.4. The van der Waals surface area contributed by atoms with Crippen LogP contribution in [0, 0.1) is 10.1 Å². The van der Waals surface area contributed by atoms with E-state index in [1.165, 1.54) is 37.8 Å². The van der Waals surface area contributed by atoms with Crippen LogP contribution in [0.25, 0.3) is 6.08 Å². The van der Waals surface area contributed by atoms with Crippen molar-refractivity contribution in [2.45, 2.75) is 54.1 Å². The first-order chi connectivity index (χ1) is 21.3. The fourth-order valence-electron chi connectivity index (χ4n) is 4.15. The molecule has 1 atom stereocenters. The number of ether oxygens (including phenoxy) is 1. The lowest BCUT2D eigenvalue weighted by molar-refractivity contribution is -0.384. The van der Waals surface area contributed by atoms with E-state index in [1.54, 1.807) is 41.1 Å². The molecule has 0 bridgehead atoms. The lowest BCUT2D eigenvalue weighted by atomic mass is 10.1.